The maximum atomic E-state index is 11.0. The Balaban J connectivity index is 2.00. The molecule has 0 saturated carbocycles. The number of rotatable bonds is 4. The Morgan fingerprint density at radius 2 is 2.35 bits per heavy atom. The highest BCUT2D eigenvalue weighted by atomic mass is 32.1. The zero-order valence-corrected chi connectivity index (χ0v) is 10.3. The van der Waals surface area contributed by atoms with Crippen LogP contribution in [0, 0.1) is 0 Å². The summed E-state index contributed by atoms with van der Waals surface area (Å²) in [5.41, 5.74) is 1.84. The van der Waals surface area contributed by atoms with Crippen molar-refractivity contribution in [3.05, 3.63) is 40.8 Å². The molecule has 0 bridgehead atoms. The van der Waals surface area contributed by atoms with E-state index in [1.807, 2.05) is 23.6 Å². The highest BCUT2D eigenvalue weighted by Crippen LogP contribution is 2.23. The van der Waals surface area contributed by atoms with E-state index in [4.69, 9.17) is 0 Å². The van der Waals surface area contributed by atoms with E-state index in [1.165, 1.54) is 6.92 Å². The predicted octanol–water partition coefficient (Wildman–Crippen LogP) is 2.71. The number of nitrogens with zero attached hydrogens (tertiary/aromatic N) is 1. The van der Waals surface area contributed by atoms with Gasteiger partial charge in [-0.05, 0) is 23.6 Å². The first kappa shape index (κ1) is 11.6. The Morgan fingerprint density at radius 1 is 1.47 bits per heavy atom. The molecular weight excluding hydrogens is 234 g/mol. The molecule has 0 unspecified atom stereocenters. The van der Waals surface area contributed by atoms with E-state index in [0.29, 0.717) is 6.54 Å². The Morgan fingerprint density at radius 3 is 3.06 bits per heavy atom. The van der Waals surface area contributed by atoms with Gasteiger partial charge in [0.25, 0.3) is 0 Å². The Bertz CT molecular complexity index is 495. The standard InChI is InChI=1S/C12H13N3OS/c1-9(16)15-11-4-6-17-12(11)8-14-10-3-2-5-13-7-10/h2-7,14H,8H2,1H3,(H,15,16). The maximum absolute atomic E-state index is 11.0. The van der Waals surface area contributed by atoms with E-state index in [0.717, 1.165) is 16.3 Å². The first-order valence-corrected chi connectivity index (χ1v) is 6.11. The minimum absolute atomic E-state index is 0.0500. The number of amides is 1. The van der Waals surface area contributed by atoms with Crippen LogP contribution in [0.5, 0.6) is 0 Å². The van der Waals surface area contributed by atoms with Crippen LogP contribution < -0.4 is 10.6 Å². The average Bonchev–Trinajstić information content (AvgIpc) is 2.74. The highest BCUT2D eigenvalue weighted by molar-refractivity contribution is 7.10. The summed E-state index contributed by atoms with van der Waals surface area (Å²) in [6.45, 7) is 2.19. The lowest BCUT2D eigenvalue weighted by Gasteiger charge is -2.06. The normalized spacial score (nSPS) is 9.94. The van der Waals surface area contributed by atoms with Crippen LogP contribution in [0.4, 0.5) is 11.4 Å². The summed E-state index contributed by atoms with van der Waals surface area (Å²) in [4.78, 5) is 16.1. The van der Waals surface area contributed by atoms with Gasteiger partial charge >= 0.3 is 0 Å². The van der Waals surface area contributed by atoms with Crippen LogP contribution in [-0.2, 0) is 11.3 Å². The second kappa shape index (κ2) is 5.45. The number of pyridine rings is 1. The monoisotopic (exact) mass is 247 g/mol. The first-order chi connectivity index (χ1) is 8.25. The number of hydrogen-bond acceptors (Lipinski definition) is 4. The van der Waals surface area contributed by atoms with Crippen molar-refractivity contribution in [1.29, 1.82) is 0 Å². The van der Waals surface area contributed by atoms with E-state index in [-0.39, 0.29) is 5.91 Å². The van der Waals surface area contributed by atoms with Crippen LogP contribution in [0.3, 0.4) is 0 Å². The smallest absolute Gasteiger partial charge is 0.221 e. The average molecular weight is 247 g/mol. The zero-order valence-electron chi connectivity index (χ0n) is 9.43. The molecule has 0 saturated heterocycles. The number of aromatic nitrogens is 1. The number of thiophene rings is 1. The van der Waals surface area contributed by atoms with E-state index in [9.17, 15) is 4.79 Å². The van der Waals surface area contributed by atoms with Crippen molar-refractivity contribution in [2.75, 3.05) is 10.6 Å². The first-order valence-electron chi connectivity index (χ1n) is 5.23. The maximum Gasteiger partial charge on any atom is 0.221 e. The van der Waals surface area contributed by atoms with Gasteiger partial charge in [-0.2, -0.15) is 0 Å². The number of nitrogens with one attached hydrogen (secondary N) is 2. The van der Waals surface area contributed by atoms with Gasteiger partial charge in [0.15, 0.2) is 0 Å². The van der Waals surface area contributed by atoms with Crippen LogP contribution in [0.2, 0.25) is 0 Å². The van der Waals surface area contributed by atoms with Gasteiger partial charge in [-0.15, -0.1) is 11.3 Å². The molecule has 0 aliphatic carbocycles. The van der Waals surface area contributed by atoms with Crippen LogP contribution >= 0.6 is 11.3 Å². The van der Waals surface area contributed by atoms with Crippen LogP contribution in [-0.4, -0.2) is 10.9 Å². The molecule has 1 amide bonds. The summed E-state index contributed by atoms with van der Waals surface area (Å²) in [5.74, 6) is -0.0500. The van der Waals surface area contributed by atoms with Gasteiger partial charge < -0.3 is 10.6 Å². The van der Waals surface area contributed by atoms with Gasteiger partial charge in [-0.3, -0.25) is 9.78 Å². The fourth-order valence-electron chi connectivity index (χ4n) is 1.43. The zero-order chi connectivity index (χ0) is 12.1. The summed E-state index contributed by atoms with van der Waals surface area (Å²) in [6, 6.07) is 5.75. The Hall–Kier alpha value is -1.88. The van der Waals surface area contributed by atoms with Gasteiger partial charge in [-0.1, -0.05) is 0 Å². The van der Waals surface area contributed by atoms with Crippen molar-refractivity contribution in [2.45, 2.75) is 13.5 Å². The van der Waals surface area contributed by atoms with Crippen molar-refractivity contribution in [1.82, 2.24) is 4.98 Å². The third-order valence-electron chi connectivity index (χ3n) is 2.17. The fourth-order valence-corrected chi connectivity index (χ4v) is 2.20. The molecular formula is C12H13N3OS. The molecule has 17 heavy (non-hydrogen) atoms. The fraction of sp³-hybridized carbons (Fsp3) is 0.167. The van der Waals surface area contributed by atoms with E-state index in [2.05, 4.69) is 15.6 Å². The summed E-state index contributed by atoms with van der Waals surface area (Å²) < 4.78 is 0. The number of anilines is 2. The number of hydrogen-bond donors (Lipinski definition) is 2. The predicted molar refractivity (Wildman–Crippen MR) is 70.2 cm³/mol. The molecule has 4 nitrogen and oxygen atoms in total. The van der Waals surface area contributed by atoms with Crippen molar-refractivity contribution in [2.24, 2.45) is 0 Å². The molecule has 2 heterocycles. The highest BCUT2D eigenvalue weighted by Gasteiger charge is 2.05. The summed E-state index contributed by atoms with van der Waals surface area (Å²) in [6.07, 6.45) is 3.50. The topological polar surface area (TPSA) is 54.0 Å². The summed E-state index contributed by atoms with van der Waals surface area (Å²) in [5, 5.41) is 8.03. The van der Waals surface area contributed by atoms with Gasteiger partial charge in [0, 0.05) is 24.2 Å². The van der Waals surface area contributed by atoms with E-state index in [1.54, 1.807) is 23.7 Å². The number of carbonyl (C=O) groups excluding carboxylic acids is 1. The molecule has 2 rings (SSSR count). The summed E-state index contributed by atoms with van der Waals surface area (Å²) in [7, 11) is 0. The summed E-state index contributed by atoms with van der Waals surface area (Å²) >= 11 is 1.61. The lowest BCUT2D eigenvalue weighted by molar-refractivity contribution is -0.114. The van der Waals surface area contributed by atoms with Crippen molar-refractivity contribution >= 4 is 28.6 Å². The largest absolute Gasteiger partial charge is 0.379 e. The van der Waals surface area contributed by atoms with Gasteiger partial charge in [0.2, 0.25) is 5.91 Å². The Kier molecular flexibility index (Phi) is 3.72. The van der Waals surface area contributed by atoms with Crippen molar-refractivity contribution < 1.29 is 4.79 Å². The molecule has 0 atom stereocenters. The molecule has 0 aliphatic rings. The van der Waals surface area contributed by atoms with Crippen molar-refractivity contribution in [3.63, 3.8) is 0 Å². The minimum atomic E-state index is -0.0500. The second-order valence-corrected chi connectivity index (χ2v) is 4.53. The third kappa shape index (κ3) is 3.29. The lowest BCUT2D eigenvalue weighted by atomic mass is 10.3. The third-order valence-corrected chi connectivity index (χ3v) is 3.09. The van der Waals surface area contributed by atoms with Crippen LogP contribution in [0.15, 0.2) is 36.0 Å². The SMILES string of the molecule is CC(=O)Nc1ccsc1CNc1cccnc1. The Labute approximate surface area is 104 Å². The second-order valence-electron chi connectivity index (χ2n) is 3.53. The molecule has 2 aromatic rings. The molecule has 2 N–H and O–H groups in total. The lowest BCUT2D eigenvalue weighted by Crippen LogP contribution is -2.08. The molecule has 0 aliphatic heterocycles. The van der Waals surface area contributed by atoms with Gasteiger partial charge in [0.1, 0.15) is 0 Å². The van der Waals surface area contributed by atoms with Gasteiger partial charge in [0.05, 0.1) is 17.9 Å². The molecule has 0 radical (unpaired) electrons. The van der Waals surface area contributed by atoms with Crippen LogP contribution in [0.25, 0.3) is 0 Å². The van der Waals surface area contributed by atoms with Crippen LogP contribution in [0.1, 0.15) is 11.8 Å². The molecule has 0 fully saturated rings. The molecule has 2 aromatic heterocycles. The quantitative estimate of drug-likeness (QED) is 0.873. The minimum Gasteiger partial charge on any atom is -0.379 e. The molecule has 5 heteroatoms. The molecule has 88 valence electrons. The molecule has 0 spiro atoms. The van der Waals surface area contributed by atoms with E-state index < -0.39 is 0 Å². The van der Waals surface area contributed by atoms with E-state index >= 15 is 0 Å². The van der Waals surface area contributed by atoms with Crippen molar-refractivity contribution in [3.8, 4) is 0 Å². The number of carbonyl (C=O) groups is 1. The van der Waals surface area contributed by atoms with Gasteiger partial charge in [-0.25, -0.2) is 0 Å². The molecule has 0 aromatic carbocycles.